The molecule has 1 aliphatic heterocycles. The Morgan fingerprint density at radius 1 is 1.09 bits per heavy atom. The molecule has 0 fully saturated rings. The maximum Gasteiger partial charge on any atom is 0.266 e. The van der Waals surface area contributed by atoms with Crippen LogP contribution in [0.4, 0.5) is 5.69 Å². The van der Waals surface area contributed by atoms with Gasteiger partial charge in [0, 0.05) is 57.8 Å². The third kappa shape index (κ3) is 8.24. The standard InChI is InChI=1S/C35H34Cl2N6O4/c1-23-7-9-24(10-8-23)17-18-39-42-34(45)35(22-26-5-2-3-6-31(26)41-43-38)32(29-16-13-27(36)21-30(29)37)47-33(40-35)25-11-14-28(15-12-25)46-20-4-19-44/h2-3,5-16,21,32,39,44H,4,17-20,22H2,1H3,(H,42,45)/t32-,35-/m0/s1. The van der Waals surface area contributed by atoms with Gasteiger partial charge in [-0.1, -0.05) is 88.5 Å². The number of hydrazine groups is 1. The fourth-order valence-electron chi connectivity index (χ4n) is 5.28. The molecule has 1 amide bonds. The quantitative estimate of drug-likeness (QED) is 0.0422. The Morgan fingerprint density at radius 3 is 2.57 bits per heavy atom. The van der Waals surface area contributed by atoms with E-state index in [1.165, 1.54) is 5.56 Å². The summed E-state index contributed by atoms with van der Waals surface area (Å²) in [6, 6.07) is 27.3. The topological polar surface area (TPSA) is 141 Å². The van der Waals surface area contributed by atoms with Crippen LogP contribution in [-0.4, -0.2) is 42.2 Å². The Labute approximate surface area is 282 Å². The second-order valence-electron chi connectivity index (χ2n) is 11.1. The van der Waals surface area contributed by atoms with Crippen LogP contribution in [0.25, 0.3) is 10.4 Å². The molecule has 0 aliphatic carbocycles. The summed E-state index contributed by atoms with van der Waals surface area (Å²) in [6.45, 7) is 2.90. The molecule has 47 heavy (non-hydrogen) atoms. The van der Waals surface area contributed by atoms with E-state index in [1.54, 1.807) is 66.7 Å². The van der Waals surface area contributed by atoms with Crippen LogP contribution >= 0.6 is 23.2 Å². The number of nitrogens with zero attached hydrogens (tertiary/aromatic N) is 4. The number of benzene rings is 4. The first kappa shape index (κ1) is 33.8. The number of ether oxygens (including phenoxy) is 2. The van der Waals surface area contributed by atoms with Gasteiger partial charge in [0.2, 0.25) is 5.90 Å². The predicted molar refractivity (Wildman–Crippen MR) is 183 cm³/mol. The van der Waals surface area contributed by atoms with E-state index in [2.05, 4.69) is 33.0 Å². The highest BCUT2D eigenvalue weighted by molar-refractivity contribution is 6.35. The molecule has 1 heterocycles. The van der Waals surface area contributed by atoms with E-state index in [9.17, 15) is 10.3 Å². The number of aliphatic imine (C=N–C) groups is 1. The number of carbonyl (C=O) groups excluding carboxylic acids is 1. The number of aliphatic hydroxyl groups is 1. The van der Waals surface area contributed by atoms with Crippen LogP contribution in [0.1, 0.15) is 40.3 Å². The normalized spacial score (nSPS) is 16.9. The Morgan fingerprint density at radius 2 is 1.85 bits per heavy atom. The molecule has 242 valence electrons. The van der Waals surface area contributed by atoms with Crippen LogP contribution in [0, 0.1) is 6.92 Å². The van der Waals surface area contributed by atoms with Crippen LogP contribution < -0.4 is 15.6 Å². The van der Waals surface area contributed by atoms with E-state index in [4.69, 9.17) is 42.8 Å². The van der Waals surface area contributed by atoms with Gasteiger partial charge in [0.25, 0.3) is 5.91 Å². The van der Waals surface area contributed by atoms with Crippen molar-refractivity contribution >= 4 is 40.7 Å². The number of carbonyl (C=O) groups is 1. The number of amides is 1. The molecule has 0 spiro atoms. The lowest BCUT2D eigenvalue weighted by Gasteiger charge is -2.31. The van der Waals surface area contributed by atoms with E-state index in [1.807, 2.05) is 19.1 Å². The zero-order valence-corrected chi connectivity index (χ0v) is 27.2. The Hall–Kier alpha value is -4.57. The van der Waals surface area contributed by atoms with Crippen molar-refractivity contribution in [2.24, 2.45) is 10.1 Å². The first-order chi connectivity index (χ1) is 22.8. The van der Waals surface area contributed by atoms with Gasteiger partial charge in [0.05, 0.1) is 6.61 Å². The summed E-state index contributed by atoms with van der Waals surface area (Å²) in [4.78, 5) is 22.4. The molecule has 0 radical (unpaired) electrons. The molecule has 0 bridgehead atoms. The number of nitrogens with one attached hydrogen (secondary N) is 2. The summed E-state index contributed by atoms with van der Waals surface area (Å²) in [5, 5.41) is 13.7. The Kier molecular flexibility index (Phi) is 11.4. The van der Waals surface area contributed by atoms with Gasteiger partial charge in [-0.15, -0.1) is 0 Å². The first-order valence-electron chi connectivity index (χ1n) is 15.1. The lowest BCUT2D eigenvalue weighted by molar-refractivity contribution is -0.130. The van der Waals surface area contributed by atoms with Crippen molar-refractivity contribution < 1.29 is 19.4 Å². The number of hydrogen-bond acceptors (Lipinski definition) is 7. The van der Waals surface area contributed by atoms with E-state index < -0.39 is 17.6 Å². The van der Waals surface area contributed by atoms with Gasteiger partial charge in [-0.2, -0.15) is 0 Å². The van der Waals surface area contributed by atoms with E-state index in [-0.39, 0.29) is 18.9 Å². The molecular weight excluding hydrogens is 639 g/mol. The minimum absolute atomic E-state index is 0.0170. The van der Waals surface area contributed by atoms with Crippen LogP contribution in [-0.2, 0) is 22.4 Å². The lowest BCUT2D eigenvalue weighted by atomic mass is 9.81. The zero-order valence-electron chi connectivity index (χ0n) is 25.7. The van der Waals surface area contributed by atoms with Crippen LogP contribution in [0.15, 0.2) is 101 Å². The smallest absolute Gasteiger partial charge is 0.266 e. The highest BCUT2D eigenvalue weighted by atomic mass is 35.5. The molecule has 1 aliphatic rings. The van der Waals surface area contributed by atoms with Gasteiger partial charge in [-0.05, 0) is 66.4 Å². The number of halogens is 2. The fraction of sp³-hybridized carbons (Fsp3) is 0.257. The molecule has 5 rings (SSSR count). The number of hydrogen-bond donors (Lipinski definition) is 3. The van der Waals surface area contributed by atoms with Gasteiger partial charge in [-0.25, -0.2) is 10.4 Å². The Balaban J connectivity index is 1.54. The molecule has 4 aromatic rings. The number of aryl methyl sites for hydroxylation is 1. The van der Waals surface area contributed by atoms with Crippen molar-refractivity contribution in [3.05, 3.63) is 139 Å². The fourth-order valence-corrected chi connectivity index (χ4v) is 5.79. The van der Waals surface area contributed by atoms with E-state index >= 15 is 0 Å². The van der Waals surface area contributed by atoms with E-state index in [0.29, 0.717) is 64.2 Å². The molecule has 2 atom stereocenters. The summed E-state index contributed by atoms with van der Waals surface area (Å²) < 4.78 is 12.2. The Bertz CT molecular complexity index is 1780. The van der Waals surface area contributed by atoms with E-state index in [0.717, 1.165) is 5.56 Å². The van der Waals surface area contributed by atoms with Crippen molar-refractivity contribution in [2.75, 3.05) is 19.8 Å². The average molecular weight is 674 g/mol. The number of aliphatic hydroxyl groups excluding tert-OH is 1. The largest absolute Gasteiger partial charge is 0.494 e. The maximum atomic E-state index is 14.5. The summed E-state index contributed by atoms with van der Waals surface area (Å²) in [5.41, 5.74) is 18.0. The number of rotatable bonds is 14. The van der Waals surface area contributed by atoms with Crippen molar-refractivity contribution in [1.29, 1.82) is 0 Å². The predicted octanol–water partition coefficient (Wildman–Crippen LogP) is 7.37. The highest BCUT2D eigenvalue weighted by Gasteiger charge is 2.54. The average Bonchev–Trinajstić information content (AvgIpc) is 3.45. The number of azide groups is 1. The summed E-state index contributed by atoms with van der Waals surface area (Å²) >= 11 is 13.0. The van der Waals surface area contributed by atoms with Gasteiger partial charge < -0.3 is 14.6 Å². The van der Waals surface area contributed by atoms with Crippen molar-refractivity contribution in [1.82, 2.24) is 10.9 Å². The lowest BCUT2D eigenvalue weighted by Crippen LogP contribution is -2.54. The molecule has 0 unspecified atom stereocenters. The maximum absolute atomic E-state index is 14.5. The second-order valence-corrected chi connectivity index (χ2v) is 11.9. The van der Waals surface area contributed by atoms with Gasteiger partial charge in [0.1, 0.15) is 5.75 Å². The molecule has 4 aromatic carbocycles. The van der Waals surface area contributed by atoms with Gasteiger partial charge in [-0.3, -0.25) is 10.2 Å². The first-order valence-corrected chi connectivity index (χ1v) is 15.9. The molecular formula is C35H34Cl2N6O4. The monoisotopic (exact) mass is 672 g/mol. The summed E-state index contributed by atoms with van der Waals surface area (Å²) in [7, 11) is 0. The molecule has 3 N–H and O–H groups in total. The van der Waals surface area contributed by atoms with Crippen molar-refractivity contribution in [3.63, 3.8) is 0 Å². The van der Waals surface area contributed by atoms with Crippen LogP contribution in [0.3, 0.4) is 0 Å². The molecule has 0 saturated heterocycles. The summed E-state index contributed by atoms with van der Waals surface area (Å²) in [6.07, 6.45) is 0.219. The van der Waals surface area contributed by atoms with Crippen molar-refractivity contribution in [2.45, 2.75) is 37.8 Å². The molecule has 10 nitrogen and oxygen atoms in total. The SMILES string of the molecule is Cc1ccc(CCNNC(=O)[C@@]2(Cc3ccccc3N=[N+]=[N-])N=C(c3ccc(OCCCO)cc3)O[C@H]2c2ccc(Cl)cc2Cl)cc1. The molecule has 12 heteroatoms. The second kappa shape index (κ2) is 15.8. The van der Waals surface area contributed by atoms with Gasteiger partial charge in [0.15, 0.2) is 11.6 Å². The third-order valence-electron chi connectivity index (χ3n) is 7.74. The zero-order chi connectivity index (χ0) is 33.2. The molecule has 0 aromatic heterocycles. The minimum Gasteiger partial charge on any atom is -0.494 e. The third-order valence-corrected chi connectivity index (χ3v) is 8.30. The minimum atomic E-state index is -1.60. The van der Waals surface area contributed by atoms with Crippen molar-refractivity contribution in [3.8, 4) is 5.75 Å². The van der Waals surface area contributed by atoms with Crippen LogP contribution in [0.2, 0.25) is 10.0 Å². The van der Waals surface area contributed by atoms with Gasteiger partial charge >= 0.3 is 0 Å². The highest BCUT2D eigenvalue weighted by Crippen LogP contribution is 2.46. The summed E-state index contributed by atoms with van der Waals surface area (Å²) in [5.74, 6) is 0.370. The molecule has 0 saturated carbocycles. The van der Waals surface area contributed by atoms with Crippen LogP contribution in [0.5, 0.6) is 5.75 Å².